The van der Waals surface area contributed by atoms with Crippen LogP contribution in [0.4, 0.5) is 0 Å². The molecule has 6 heteroatoms. The maximum atomic E-state index is 13.2. The normalized spacial score (nSPS) is 10.9. The Kier molecular flexibility index (Phi) is 6.86. The van der Waals surface area contributed by atoms with Crippen molar-refractivity contribution in [1.82, 2.24) is 9.55 Å². The van der Waals surface area contributed by atoms with Crippen LogP contribution in [0.25, 0.3) is 22.3 Å². The largest absolute Gasteiger partial charge is 0.497 e. The number of methoxy groups -OCH3 is 1. The Balaban J connectivity index is 1.54. The molecule has 0 aliphatic heterocycles. The van der Waals surface area contributed by atoms with Crippen molar-refractivity contribution in [1.29, 1.82) is 0 Å². The van der Waals surface area contributed by atoms with Crippen molar-refractivity contribution in [3.8, 4) is 22.9 Å². The fraction of sp³-hybridized carbons (Fsp3) is 0.200. The molecule has 158 valence electrons. The molecule has 0 atom stereocenters. The van der Waals surface area contributed by atoms with Gasteiger partial charge in [-0.05, 0) is 96.1 Å². The Morgan fingerprint density at radius 3 is 2.35 bits per heavy atom. The number of unbranched alkanes of at least 4 members (excludes halogenated alkanes) is 1. The summed E-state index contributed by atoms with van der Waals surface area (Å²) in [6.07, 6.45) is 1.65. The van der Waals surface area contributed by atoms with E-state index >= 15 is 0 Å². The van der Waals surface area contributed by atoms with Crippen LogP contribution >= 0.6 is 22.6 Å². The molecule has 0 unspecified atom stereocenters. The Morgan fingerprint density at radius 2 is 1.61 bits per heavy atom. The number of hydrogen-bond acceptors (Lipinski definition) is 4. The molecule has 5 nitrogen and oxygen atoms in total. The number of benzene rings is 3. The maximum absolute atomic E-state index is 13.2. The molecule has 0 bridgehead atoms. The first kappa shape index (κ1) is 21.4. The third-order valence-electron chi connectivity index (χ3n) is 5.07. The second kappa shape index (κ2) is 9.96. The first-order valence-corrected chi connectivity index (χ1v) is 11.3. The molecule has 0 N–H and O–H groups in total. The second-order valence-electron chi connectivity index (χ2n) is 7.15. The molecule has 4 rings (SSSR count). The van der Waals surface area contributed by atoms with Gasteiger partial charge < -0.3 is 9.47 Å². The maximum Gasteiger partial charge on any atom is 0.261 e. The summed E-state index contributed by atoms with van der Waals surface area (Å²) in [6, 6.07) is 23.1. The summed E-state index contributed by atoms with van der Waals surface area (Å²) in [6.45, 7) is 1.18. The molecule has 1 aromatic heterocycles. The Hall–Kier alpha value is -2.87. The summed E-state index contributed by atoms with van der Waals surface area (Å²) in [5.41, 5.74) is 1.57. The van der Waals surface area contributed by atoms with E-state index in [9.17, 15) is 4.79 Å². The fourth-order valence-corrected chi connectivity index (χ4v) is 3.79. The highest BCUT2D eigenvalue weighted by Gasteiger charge is 2.12. The molecule has 3 aromatic carbocycles. The van der Waals surface area contributed by atoms with Crippen LogP contribution < -0.4 is 15.0 Å². The van der Waals surface area contributed by atoms with Gasteiger partial charge in [0.15, 0.2) is 0 Å². The molecule has 0 aliphatic carbocycles. The van der Waals surface area contributed by atoms with E-state index in [0.717, 1.165) is 29.9 Å². The van der Waals surface area contributed by atoms with Crippen molar-refractivity contribution >= 4 is 33.5 Å². The molecule has 1 heterocycles. The summed E-state index contributed by atoms with van der Waals surface area (Å²) in [5, 5.41) is 0.634. The minimum atomic E-state index is -0.0185. The Morgan fingerprint density at radius 1 is 0.903 bits per heavy atom. The van der Waals surface area contributed by atoms with Crippen molar-refractivity contribution in [3.63, 3.8) is 0 Å². The van der Waals surface area contributed by atoms with Gasteiger partial charge in [-0.3, -0.25) is 9.36 Å². The smallest absolute Gasteiger partial charge is 0.261 e. The fourth-order valence-electron chi connectivity index (χ4n) is 3.43. The van der Waals surface area contributed by atoms with Gasteiger partial charge in [0.25, 0.3) is 5.56 Å². The van der Waals surface area contributed by atoms with Gasteiger partial charge >= 0.3 is 0 Å². The van der Waals surface area contributed by atoms with Crippen molar-refractivity contribution in [2.45, 2.75) is 19.4 Å². The molecule has 0 spiro atoms. The van der Waals surface area contributed by atoms with E-state index in [-0.39, 0.29) is 5.56 Å². The third-order valence-corrected chi connectivity index (χ3v) is 5.79. The van der Waals surface area contributed by atoms with Crippen LogP contribution in [0.1, 0.15) is 12.8 Å². The van der Waals surface area contributed by atoms with Crippen molar-refractivity contribution < 1.29 is 9.47 Å². The number of halogens is 1. The first-order valence-electron chi connectivity index (χ1n) is 10.2. The zero-order valence-electron chi connectivity index (χ0n) is 17.3. The molecular weight excluding hydrogens is 503 g/mol. The van der Waals surface area contributed by atoms with Gasteiger partial charge in [0.1, 0.15) is 17.3 Å². The summed E-state index contributed by atoms with van der Waals surface area (Å²) >= 11 is 2.27. The van der Waals surface area contributed by atoms with Crippen molar-refractivity contribution in [2.75, 3.05) is 13.7 Å². The van der Waals surface area contributed by atoms with Crippen LogP contribution in [-0.4, -0.2) is 23.3 Å². The summed E-state index contributed by atoms with van der Waals surface area (Å²) < 4.78 is 14.0. The monoisotopic (exact) mass is 526 g/mol. The highest BCUT2D eigenvalue weighted by atomic mass is 127. The standard InChI is InChI=1S/C25H23IN2O3/c1-30-20-12-8-18(9-13-20)24-27-23-7-3-2-6-22(23)25(29)28(24)16-4-5-17-31-21-14-10-19(26)11-15-21/h2-3,6-15H,4-5,16-17H2,1H3. The van der Waals surface area contributed by atoms with E-state index in [2.05, 4.69) is 22.6 Å². The van der Waals surface area contributed by atoms with Gasteiger partial charge in [0.2, 0.25) is 0 Å². The molecule has 0 radical (unpaired) electrons. The number of hydrogen-bond donors (Lipinski definition) is 0. The third kappa shape index (κ3) is 5.07. The first-order chi connectivity index (χ1) is 15.2. The number of nitrogens with zero attached hydrogens (tertiary/aromatic N) is 2. The minimum Gasteiger partial charge on any atom is -0.497 e. The van der Waals surface area contributed by atoms with E-state index in [4.69, 9.17) is 14.5 Å². The molecule has 0 fully saturated rings. The predicted molar refractivity (Wildman–Crippen MR) is 132 cm³/mol. The number of rotatable bonds is 8. The molecule has 0 saturated carbocycles. The van der Waals surface area contributed by atoms with Gasteiger partial charge in [-0.25, -0.2) is 4.98 Å². The minimum absolute atomic E-state index is 0.0185. The average molecular weight is 526 g/mol. The quantitative estimate of drug-likeness (QED) is 0.224. The Bertz CT molecular complexity index is 1220. The lowest BCUT2D eigenvalue weighted by Gasteiger charge is -2.14. The van der Waals surface area contributed by atoms with Crippen molar-refractivity contribution in [2.24, 2.45) is 0 Å². The van der Waals surface area contributed by atoms with Crippen LogP contribution in [0, 0.1) is 3.57 Å². The van der Waals surface area contributed by atoms with E-state index in [1.807, 2.05) is 72.8 Å². The van der Waals surface area contributed by atoms with E-state index < -0.39 is 0 Å². The lowest BCUT2D eigenvalue weighted by atomic mass is 10.1. The van der Waals surface area contributed by atoms with E-state index in [1.54, 1.807) is 11.7 Å². The summed E-state index contributed by atoms with van der Waals surface area (Å²) in [4.78, 5) is 18.0. The number of ether oxygens (including phenoxy) is 2. The average Bonchev–Trinajstić information content (AvgIpc) is 2.81. The van der Waals surface area contributed by atoms with E-state index in [1.165, 1.54) is 3.57 Å². The molecule has 4 aromatic rings. The van der Waals surface area contributed by atoms with Gasteiger partial charge in [-0.1, -0.05) is 12.1 Å². The van der Waals surface area contributed by atoms with Crippen LogP contribution in [0.5, 0.6) is 11.5 Å². The number of para-hydroxylation sites is 1. The van der Waals surface area contributed by atoms with Crippen LogP contribution in [0.15, 0.2) is 77.6 Å². The van der Waals surface area contributed by atoms with Gasteiger partial charge in [-0.15, -0.1) is 0 Å². The van der Waals surface area contributed by atoms with Crippen molar-refractivity contribution in [3.05, 3.63) is 86.7 Å². The van der Waals surface area contributed by atoms with Crippen LogP contribution in [0.3, 0.4) is 0 Å². The summed E-state index contributed by atoms with van der Waals surface area (Å²) in [5.74, 6) is 2.31. The lowest BCUT2D eigenvalue weighted by molar-refractivity contribution is 0.303. The number of aromatic nitrogens is 2. The van der Waals surface area contributed by atoms with Gasteiger partial charge in [0, 0.05) is 15.7 Å². The SMILES string of the molecule is COc1ccc(-c2nc3ccccc3c(=O)n2CCCCOc2ccc(I)cc2)cc1. The van der Waals surface area contributed by atoms with Crippen LogP contribution in [-0.2, 0) is 6.54 Å². The zero-order chi connectivity index (χ0) is 21.6. The topological polar surface area (TPSA) is 53.3 Å². The van der Waals surface area contributed by atoms with E-state index in [0.29, 0.717) is 29.9 Å². The molecular formula is C25H23IN2O3. The van der Waals surface area contributed by atoms with Gasteiger partial charge in [0.05, 0.1) is 24.6 Å². The van der Waals surface area contributed by atoms with Crippen LogP contribution in [0.2, 0.25) is 0 Å². The molecule has 0 amide bonds. The second-order valence-corrected chi connectivity index (χ2v) is 8.39. The van der Waals surface area contributed by atoms with Gasteiger partial charge in [-0.2, -0.15) is 0 Å². The lowest BCUT2D eigenvalue weighted by Crippen LogP contribution is -2.24. The molecule has 31 heavy (non-hydrogen) atoms. The highest BCUT2D eigenvalue weighted by Crippen LogP contribution is 2.22. The molecule has 0 aliphatic rings. The Labute approximate surface area is 194 Å². The predicted octanol–water partition coefficient (Wildman–Crippen LogP) is 5.54. The summed E-state index contributed by atoms with van der Waals surface area (Å²) in [7, 11) is 1.64. The molecule has 0 saturated heterocycles. The zero-order valence-corrected chi connectivity index (χ0v) is 19.4. The highest BCUT2D eigenvalue weighted by molar-refractivity contribution is 14.1. The number of fused-ring (bicyclic) bond motifs is 1.